The van der Waals surface area contributed by atoms with E-state index >= 15 is 0 Å². The number of nitriles is 1. The molecule has 3 aromatic carbocycles. The highest BCUT2D eigenvalue weighted by Gasteiger charge is 2.38. The van der Waals surface area contributed by atoms with Gasteiger partial charge in [0, 0.05) is 29.7 Å². The number of aryl methyl sites for hydroxylation is 1. The van der Waals surface area contributed by atoms with E-state index in [1.165, 1.54) is 6.08 Å². The van der Waals surface area contributed by atoms with Crippen molar-refractivity contribution in [1.82, 2.24) is 0 Å². The lowest BCUT2D eigenvalue weighted by molar-refractivity contribution is -0.154. The second kappa shape index (κ2) is 34.5. The summed E-state index contributed by atoms with van der Waals surface area (Å²) in [4.78, 5) is 119. The van der Waals surface area contributed by atoms with Crippen LogP contribution in [-0.2, 0) is 84.4 Å². The molecule has 91 heavy (non-hydrogen) atoms. The molecular weight excluding hydrogens is 1210 g/mol. The maximum absolute atomic E-state index is 13.8. The SMILES string of the molecule is [C-]#[N+]/C(C#N)=C1\Sc2c(OC(=O)C3CCC(C(=O)Oc4ccc(CCOC(=O)CCC(=O)OCC(C)(C)COC(=C)C=C)cc4)CC3)cc(C)c(OC(=O)C3CCC(C(=O)Oc4ccc(CCOC(=O)CCC(=O)OCC(C)(C)COC(=O)C=C)cc4)CC3)c2S1. The number of fused-ring (bicyclic) bond motifs is 1. The number of hydrogen-bond acceptors (Lipinski definition) is 22. The Morgan fingerprint density at radius 3 is 1.35 bits per heavy atom. The zero-order chi connectivity index (χ0) is 66.3. The van der Waals surface area contributed by atoms with Crippen molar-refractivity contribution in [2.75, 3.05) is 39.6 Å². The molecule has 0 atom stereocenters. The number of ether oxygens (including phenoxy) is 10. The summed E-state index contributed by atoms with van der Waals surface area (Å²) in [6.45, 7) is 27.7. The van der Waals surface area contributed by atoms with Gasteiger partial charge in [0.2, 0.25) is 0 Å². The highest BCUT2D eigenvalue weighted by molar-refractivity contribution is 8.24. The highest BCUT2D eigenvalue weighted by atomic mass is 32.2. The van der Waals surface area contributed by atoms with Crippen LogP contribution in [0.2, 0.25) is 0 Å². The molecule has 21 nitrogen and oxygen atoms in total. The van der Waals surface area contributed by atoms with Gasteiger partial charge in [0.25, 0.3) is 5.70 Å². The number of hydrogen-bond donors (Lipinski definition) is 0. The minimum atomic E-state index is -0.631. The van der Waals surface area contributed by atoms with Crippen molar-refractivity contribution in [1.29, 1.82) is 5.26 Å². The quantitative estimate of drug-likeness (QED) is 0.00846. The van der Waals surface area contributed by atoms with Gasteiger partial charge in [-0.3, -0.25) is 38.4 Å². The first-order chi connectivity index (χ1) is 43.4. The van der Waals surface area contributed by atoms with Crippen LogP contribution in [0, 0.1) is 59.3 Å². The molecule has 0 aromatic heterocycles. The summed E-state index contributed by atoms with van der Waals surface area (Å²) < 4.78 is 55.5. The summed E-state index contributed by atoms with van der Waals surface area (Å²) in [6, 6.07) is 17.1. The van der Waals surface area contributed by atoms with Gasteiger partial charge in [-0.05, 0) is 111 Å². The molecule has 0 radical (unpaired) electrons. The van der Waals surface area contributed by atoms with Crippen LogP contribution in [0.5, 0.6) is 23.0 Å². The van der Waals surface area contributed by atoms with E-state index in [1.54, 1.807) is 75.4 Å². The summed E-state index contributed by atoms with van der Waals surface area (Å²) in [7, 11) is 0. The summed E-state index contributed by atoms with van der Waals surface area (Å²) in [5.74, 6) is -5.30. The van der Waals surface area contributed by atoms with Gasteiger partial charge in [0.15, 0.2) is 0 Å². The lowest BCUT2D eigenvalue weighted by atomic mass is 9.82. The summed E-state index contributed by atoms with van der Waals surface area (Å²) in [5.41, 5.74) is 0.827. The molecule has 0 amide bonds. The molecule has 23 heteroatoms. The normalized spacial score (nSPS) is 17.4. The topological polar surface area (TPSA) is 274 Å². The molecule has 0 bridgehead atoms. The van der Waals surface area contributed by atoms with Crippen molar-refractivity contribution in [2.45, 2.75) is 134 Å². The Morgan fingerprint density at radius 1 is 0.560 bits per heavy atom. The molecule has 0 unspecified atom stereocenters. The standard InChI is InChI=1S/C68H76N2O19S2/c1-10-43(4)82-38-67(5,6)40-84-57(74)30-28-55(72)80-34-32-44-12-24-50(25-13-44)86-62(76)46-16-20-48(21-17-46)64(78)88-53-36-42(3)59(61-60(53)90-66(91-61)52(37-69)70-9)89-65(79)49-22-18-47(19-23-49)63(77)87-51-26-14-45(15-27-51)33-35-81-56(73)29-31-58(75)85-41-68(7,8)39-83-54(71)11-2/h10-15,24-27,36,46-49H,1-2,4,16-23,28-35,38-41H2,3,5-8H3/b66-52+. The Balaban J connectivity index is 0.906. The summed E-state index contributed by atoms with van der Waals surface area (Å²) in [6.07, 6.45) is 5.53. The van der Waals surface area contributed by atoms with Gasteiger partial charge in [0.1, 0.15) is 28.8 Å². The molecule has 3 aromatic rings. The zero-order valence-electron chi connectivity index (χ0n) is 51.9. The van der Waals surface area contributed by atoms with E-state index in [0.29, 0.717) is 101 Å². The van der Waals surface area contributed by atoms with Gasteiger partial charge in [-0.25, -0.2) is 14.9 Å². The Labute approximate surface area is 538 Å². The number of benzene rings is 3. The third-order valence-electron chi connectivity index (χ3n) is 14.9. The van der Waals surface area contributed by atoms with Crippen molar-refractivity contribution in [3.63, 3.8) is 0 Å². The van der Waals surface area contributed by atoms with Crippen LogP contribution < -0.4 is 18.9 Å². The third-order valence-corrected chi connectivity index (χ3v) is 17.5. The van der Waals surface area contributed by atoms with E-state index in [4.69, 9.17) is 53.9 Å². The second-order valence-electron chi connectivity index (χ2n) is 23.7. The first-order valence-corrected chi connectivity index (χ1v) is 31.5. The molecule has 2 aliphatic carbocycles. The van der Waals surface area contributed by atoms with Crippen LogP contribution in [0.4, 0.5) is 0 Å². The molecule has 484 valence electrons. The van der Waals surface area contributed by atoms with Gasteiger partial charge in [0.05, 0.1) is 116 Å². The average Bonchev–Trinajstić information content (AvgIpc) is 1.72. The molecule has 1 heterocycles. The molecule has 0 saturated heterocycles. The molecular formula is C68H76N2O19S2. The fraction of sp³-hybridized carbons (Fsp3) is 0.456. The zero-order valence-corrected chi connectivity index (χ0v) is 53.5. The molecule has 2 fully saturated rings. The van der Waals surface area contributed by atoms with E-state index in [9.17, 15) is 48.4 Å². The molecule has 3 aliphatic rings. The van der Waals surface area contributed by atoms with Crippen LogP contribution in [-0.4, -0.2) is 93.4 Å². The van der Waals surface area contributed by atoms with Crippen LogP contribution in [0.25, 0.3) is 4.85 Å². The predicted molar refractivity (Wildman–Crippen MR) is 332 cm³/mol. The van der Waals surface area contributed by atoms with Crippen molar-refractivity contribution in [3.8, 4) is 29.1 Å². The lowest BCUT2D eigenvalue weighted by Crippen LogP contribution is -2.31. The number of nitrogens with zero attached hydrogens (tertiary/aromatic N) is 2. The Morgan fingerprint density at radius 2 is 0.945 bits per heavy atom. The van der Waals surface area contributed by atoms with Crippen LogP contribution in [0.1, 0.15) is 121 Å². The average molecular weight is 1290 g/mol. The largest absolute Gasteiger partial charge is 0.494 e. The van der Waals surface area contributed by atoms with Crippen molar-refractivity contribution in [2.24, 2.45) is 34.5 Å². The van der Waals surface area contributed by atoms with Crippen molar-refractivity contribution < 1.29 is 90.5 Å². The van der Waals surface area contributed by atoms with E-state index < -0.39 is 88.2 Å². The molecule has 2 saturated carbocycles. The van der Waals surface area contributed by atoms with Gasteiger partial charge in [-0.1, -0.05) is 95.2 Å². The maximum Gasteiger partial charge on any atom is 0.330 e. The highest BCUT2D eigenvalue weighted by Crippen LogP contribution is 2.60. The van der Waals surface area contributed by atoms with Crippen LogP contribution >= 0.6 is 23.5 Å². The fourth-order valence-electron chi connectivity index (χ4n) is 9.46. The number of thioether (sulfide) groups is 2. The smallest absolute Gasteiger partial charge is 0.330 e. The van der Waals surface area contributed by atoms with Gasteiger partial charge >= 0.3 is 53.7 Å². The Hall–Kier alpha value is -8.67. The third kappa shape index (κ3) is 23.0. The van der Waals surface area contributed by atoms with Crippen molar-refractivity contribution >= 4 is 77.2 Å². The van der Waals surface area contributed by atoms with Gasteiger partial charge in [-0.15, -0.1) is 0 Å². The predicted octanol–water partition coefficient (Wildman–Crippen LogP) is 11.8. The first-order valence-electron chi connectivity index (χ1n) is 29.8. The Bertz CT molecular complexity index is 3300. The van der Waals surface area contributed by atoms with E-state index in [-0.39, 0.29) is 82.5 Å². The van der Waals surface area contributed by atoms with Gasteiger partial charge in [-0.2, -0.15) is 0 Å². The number of rotatable bonds is 31. The van der Waals surface area contributed by atoms with E-state index in [1.807, 2.05) is 19.9 Å². The molecule has 0 N–H and O–H groups in total. The number of esters is 9. The fourth-order valence-corrected chi connectivity index (χ4v) is 12.0. The maximum atomic E-state index is 13.8. The minimum absolute atomic E-state index is 0.0122. The van der Waals surface area contributed by atoms with Crippen molar-refractivity contribution in [3.05, 3.63) is 130 Å². The van der Waals surface area contributed by atoms with Crippen LogP contribution in [0.15, 0.2) is 112 Å². The lowest BCUT2D eigenvalue weighted by Gasteiger charge is -2.27. The molecule has 0 spiro atoms. The molecule has 6 rings (SSSR count). The Kier molecular flexibility index (Phi) is 27.1. The number of carbonyl (C=O) groups is 9. The monoisotopic (exact) mass is 1290 g/mol. The van der Waals surface area contributed by atoms with Gasteiger partial charge < -0.3 is 47.4 Å². The molecule has 1 aliphatic heterocycles. The number of carbonyl (C=O) groups excluding carboxylic acids is 9. The minimum Gasteiger partial charge on any atom is -0.494 e. The first kappa shape index (κ1) is 71.4. The number of allylic oxidation sites excluding steroid dienone is 2. The van der Waals surface area contributed by atoms with E-state index in [0.717, 1.165) is 40.7 Å². The second-order valence-corrected chi connectivity index (χ2v) is 26.0. The van der Waals surface area contributed by atoms with E-state index in [2.05, 4.69) is 24.6 Å². The van der Waals surface area contributed by atoms with Crippen LogP contribution in [0.3, 0.4) is 0 Å². The summed E-state index contributed by atoms with van der Waals surface area (Å²) in [5, 5.41) is 9.78. The summed E-state index contributed by atoms with van der Waals surface area (Å²) >= 11 is 2.15.